The highest BCUT2D eigenvalue weighted by molar-refractivity contribution is 5.35. The van der Waals surface area contributed by atoms with Gasteiger partial charge in [0, 0.05) is 25.0 Å². The van der Waals surface area contributed by atoms with Crippen LogP contribution >= 0.6 is 0 Å². The molecule has 136 valence electrons. The van der Waals surface area contributed by atoms with E-state index in [-0.39, 0.29) is 0 Å². The zero-order chi connectivity index (χ0) is 18.6. The van der Waals surface area contributed by atoms with Gasteiger partial charge in [0.15, 0.2) is 0 Å². The zero-order valence-electron chi connectivity index (χ0n) is 15.5. The SMILES string of the molecule is C[C@@H](c1ccc(-n2cncn2)cc1)N(C)Cc1ccc(-n2cccn2)cc1. The first-order valence-corrected chi connectivity index (χ1v) is 8.95. The number of hydrogen-bond acceptors (Lipinski definition) is 4. The van der Waals surface area contributed by atoms with Crippen LogP contribution < -0.4 is 0 Å². The van der Waals surface area contributed by atoms with Crippen molar-refractivity contribution in [2.45, 2.75) is 19.5 Å². The fraction of sp³-hybridized carbons (Fsp3) is 0.190. The highest BCUT2D eigenvalue weighted by Crippen LogP contribution is 2.22. The van der Waals surface area contributed by atoms with Gasteiger partial charge >= 0.3 is 0 Å². The summed E-state index contributed by atoms with van der Waals surface area (Å²) in [7, 11) is 2.15. The van der Waals surface area contributed by atoms with Crippen LogP contribution in [0.25, 0.3) is 11.4 Å². The van der Waals surface area contributed by atoms with Crippen LogP contribution in [0, 0.1) is 0 Å². The molecule has 4 aromatic rings. The first-order valence-electron chi connectivity index (χ1n) is 8.95. The van der Waals surface area contributed by atoms with E-state index in [0.717, 1.165) is 17.9 Å². The van der Waals surface area contributed by atoms with Crippen molar-refractivity contribution in [1.82, 2.24) is 29.4 Å². The summed E-state index contributed by atoms with van der Waals surface area (Å²) in [5.74, 6) is 0. The van der Waals surface area contributed by atoms with Crippen LogP contribution in [0.1, 0.15) is 24.1 Å². The molecule has 2 aromatic heterocycles. The molecule has 0 aliphatic carbocycles. The van der Waals surface area contributed by atoms with Gasteiger partial charge in [-0.25, -0.2) is 14.3 Å². The Bertz CT molecular complexity index is 957. The summed E-state index contributed by atoms with van der Waals surface area (Å²) in [5.41, 5.74) is 4.64. The van der Waals surface area contributed by atoms with Crippen LogP contribution in [-0.4, -0.2) is 36.5 Å². The molecule has 0 aliphatic rings. The lowest BCUT2D eigenvalue weighted by Gasteiger charge is -2.25. The maximum Gasteiger partial charge on any atom is 0.138 e. The lowest BCUT2D eigenvalue weighted by molar-refractivity contribution is 0.253. The minimum atomic E-state index is 0.306. The molecule has 4 rings (SSSR count). The van der Waals surface area contributed by atoms with Gasteiger partial charge in [0.2, 0.25) is 0 Å². The van der Waals surface area contributed by atoms with Crippen molar-refractivity contribution in [3.8, 4) is 11.4 Å². The number of benzene rings is 2. The maximum atomic E-state index is 4.27. The molecule has 0 spiro atoms. The minimum Gasteiger partial charge on any atom is -0.295 e. The predicted molar refractivity (Wildman–Crippen MR) is 105 cm³/mol. The van der Waals surface area contributed by atoms with E-state index in [4.69, 9.17) is 0 Å². The van der Waals surface area contributed by atoms with Crippen LogP contribution in [0.4, 0.5) is 0 Å². The molecule has 0 unspecified atom stereocenters. The third kappa shape index (κ3) is 3.80. The third-order valence-corrected chi connectivity index (χ3v) is 4.86. The maximum absolute atomic E-state index is 4.27. The van der Waals surface area contributed by atoms with Crippen LogP contribution in [0.3, 0.4) is 0 Å². The van der Waals surface area contributed by atoms with Crippen molar-refractivity contribution in [3.05, 3.63) is 90.8 Å². The molecular formula is C21H22N6. The van der Waals surface area contributed by atoms with E-state index in [0.29, 0.717) is 6.04 Å². The molecule has 0 N–H and O–H groups in total. The van der Waals surface area contributed by atoms with Crippen molar-refractivity contribution in [3.63, 3.8) is 0 Å². The Morgan fingerprint density at radius 3 is 2.26 bits per heavy atom. The summed E-state index contributed by atoms with van der Waals surface area (Å²) in [6.07, 6.45) is 6.99. The molecule has 2 heterocycles. The molecule has 0 saturated heterocycles. The second kappa shape index (κ2) is 7.55. The standard InChI is InChI=1S/C21H22N6/c1-17(19-6-10-21(11-7-19)27-16-22-15-24-27)25(2)14-18-4-8-20(9-5-18)26-13-3-12-23-26/h3-13,15-17H,14H2,1-2H3/t17-/m0/s1. The Kier molecular flexibility index (Phi) is 4.80. The molecule has 27 heavy (non-hydrogen) atoms. The molecule has 0 bridgehead atoms. The van der Waals surface area contributed by atoms with Gasteiger partial charge in [0.05, 0.1) is 11.4 Å². The summed E-state index contributed by atoms with van der Waals surface area (Å²) in [6, 6.07) is 19.2. The fourth-order valence-corrected chi connectivity index (χ4v) is 3.10. The molecule has 1 atom stereocenters. The molecule has 0 fully saturated rings. The highest BCUT2D eigenvalue weighted by Gasteiger charge is 2.12. The molecule has 6 nitrogen and oxygen atoms in total. The van der Waals surface area contributed by atoms with Gasteiger partial charge in [-0.1, -0.05) is 24.3 Å². The molecule has 0 saturated carbocycles. The first kappa shape index (κ1) is 17.2. The van der Waals surface area contributed by atoms with Crippen LogP contribution in [0.5, 0.6) is 0 Å². The van der Waals surface area contributed by atoms with Crippen LogP contribution in [0.15, 0.2) is 79.6 Å². The van der Waals surface area contributed by atoms with Gasteiger partial charge < -0.3 is 0 Å². The lowest BCUT2D eigenvalue weighted by atomic mass is 10.1. The van der Waals surface area contributed by atoms with Crippen LogP contribution in [0.2, 0.25) is 0 Å². The largest absolute Gasteiger partial charge is 0.295 e. The van der Waals surface area contributed by atoms with Crippen molar-refractivity contribution in [2.75, 3.05) is 7.05 Å². The smallest absolute Gasteiger partial charge is 0.138 e. The normalized spacial score (nSPS) is 12.4. The summed E-state index contributed by atoms with van der Waals surface area (Å²) in [5, 5.41) is 8.43. The van der Waals surface area contributed by atoms with Crippen LogP contribution in [-0.2, 0) is 6.54 Å². The second-order valence-electron chi connectivity index (χ2n) is 6.64. The first-order chi connectivity index (χ1) is 13.2. The van der Waals surface area contributed by atoms with E-state index in [1.54, 1.807) is 23.5 Å². The Labute approximate surface area is 158 Å². The third-order valence-electron chi connectivity index (χ3n) is 4.86. The minimum absolute atomic E-state index is 0.306. The van der Waals surface area contributed by atoms with Crippen molar-refractivity contribution in [1.29, 1.82) is 0 Å². The topological polar surface area (TPSA) is 51.8 Å². The van der Waals surface area contributed by atoms with E-state index in [9.17, 15) is 0 Å². The van der Waals surface area contributed by atoms with Crippen molar-refractivity contribution >= 4 is 0 Å². The highest BCUT2D eigenvalue weighted by atomic mass is 15.3. The number of rotatable bonds is 6. The quantitative estimate of drug-likeness (QED) is 0.528. The summed E-state index contributed by atoms with van der Waals surface area (Å²) in [6.45, 7) is 3.11. The monoisotopic (exact) mass is 358 g/mol. The molecular weight excluding hydrogens is 336 g/mol. The summed E-state index contributed by atoms with van der Waals surface area (Å²) < 4.78 is 3.63. The fourth-order valence-electron chi connectivity index (χ4n) is 3.10. The Balaban J connectivity index is 1.42. The van der Waals surface area contributed by atoms with Gasteiger partial charge in [-0.05, 0) is 55.4 Å². The molecule has 0 radical (unpaired) electrons. The van der Waals surface area contributed by atoms with Gasteiger partial charge in [-0.2, -0.15) is 10.2 Å². The van der Waals surface area contributed by atoms with E-state index in [1.807, 2.05) is 16.9 Å². The molecule has 0 amide bonds. The average molecular weight is 358 g/mol. The predicted octanol–water partition coefficient (Wildman–Crippen LogP) is 3.65. The van der Waals surface area contributed by atoms with Gasteiger partial charge in [-0.3, -0.25) is 4.90 Å². The van der Waals surface area contributed by atoms with Gasteiger partial charge in [0.1, 0.15) is 12.7 Å². The average Bonchev–Trinajstić information content (AvgIpc) is 3.42. The zero-order valence-corrected chi connectivity index (χ0v) is 15.5. The van der Waals surface area contributed by atoms with Gasteiger partial charge in [-0.15, -0.1) is 0 Å². The van der Waals surface area contributed by atoms with E-state index >= 15 is 0 Å². The Hall–Kier alpha value is -3.25. The van der Waals surface area contributed by atoms with Crippen molar-refractivity contribution < 1.29 is 0 Å². The van der Waals surface area contributed by atoms with E-state index in [2.05, 4.69) is 82.6 Å². The summed E-state index contributed by atoms with van der Waals surface area (Å²) >= 11 is 0. The second-order valence-corrected chi connectivity index (χ2v) is 6.64. The number of nitrogens with zero attached hydrogens (tertiary/aromatic N) is 6. The van der Waals surface area contributed by atoms with Crippen molar-refractivity contribution in [2.24, 2.45) is 0 Å². The summed E-state index contributed by atoms with van der Waals surface area (Å²) in [4.78, 5) is 6.33. The Morgan fingerprint density at radius 1 is 0.926 bits per heavy atom. The van der Waals surface area contributed by atoms with E-state index in [1.165, 1.54) is 11.1 Å². The lowest BCUT2D eigenvalue weighted by Crippen LogP contribution is -2.22. The van der Waals surface area contributed by atoms with Gasteiger partial charge in [0.25, 0.3) is 0 Å². The molecule has 6 heteroatoms. The molecule has 0 aliphatic heterocycles. The van der Waals surface area contributed by atoms with E-state index < -0.39 is 0 Å². The number of aromatic nitrogens is 5. The number of hydrogen-bond donors (Lipinski definition) is 0. The molecule has 2 aromatic carbocycles. The Morgan fingerprint density at radius 2 is 1.63 bits per heavy atom.